The minimum absolute atomic E-state index is 0.0359. The first-order valence-corrected chi connectivity index (χ1v) is 10.4. The summed E-state index contributed by atoms with van der Waals surface area (Å²) in [5.41, 5.74) is 1.87. The summed E-state index contributed by atoms with van der Waals surface area (Å²) < 4.78 is 7.11. The Bertz CT molecular complexity index is 1020. The minimum Gasteiger partial charge on any atom is -0.507 e. The summed E-state index contributed by atoms with van der Waals surface area (Å²) in [6, 6.07) is 12.6. The summed E-state index contributed by atoms with van der Waals surface area (Å²) in [5.74, 6) is 0.738. The normalized spacial score (nSPS) is 16.1. The van der Waals surface area contributed by atoms with E-state index in [1.807, 2.05) is 37.3 Å². The molecule has 6 heteroatoms. The quantitative estimate of drug-likeness (QED) is 0.658. The third-order valence-corrected chi connectivity index (χ3v) is 5.88. The van der Waals surface area contributed by atoms with Gasteiger partial charge in [0.25, 0.3) is 5.56 Å². The summed E-state index contributed by atoms with van der Waals surface area (Å²) in [4.78, 5) is 15.9. The fourth-order valence-electron chi connectivity index (χ4n) is 4.16. The first-order chi connectivity index (χ1) is 14.0. The SMILES string of the molecule is Cc1cc(O)c([C@H](c2ccc(Cl)cc2)N2CCCCC2)c(=O)n1Cc1ccco1. The standard InChI is InChI=1S/C23H25ClN2O3/c1-16-14-20(27)21(23(28)26(16)15-19-6-5-13-29-19)22(25-11-3-2-4-12-25)17-7-9-18(24)10-8-17/h5-10,13-14,22,27H,2-4,11-12,15H2,1H3/t22-/m0/s1. The van der Waals surface area contributed by atoms with E-state index in [0.717, 1.165) is 31.5 Å². The Balaban J connectivity index is 1.85. The summed E-state index contributed by atoms with van der Waals surface area (Å²) in [6.45, 7) is 3.93. The third kappa shape index (κ3) is 4.11. The highest BCUT2D eigenvalue weighted by atomic mass is 35.5. The van der Waals surface area contributed by atoms with Crippen molar-refractivity contribution in [1.82, 2.24) is 9.47 Å². The van der Waals surface area contributed by atoms with Crippen molar-refractivity contribution in [3.63, 3.8) is 0 Å². The smallest absolute Gasteiger partial charge is 0.260 e. The second-order valence-electron chi connectivity index (χ2n) is 7.61. The van der Waals surface area contributed by atoms with Crippen LogP contribution in [0.15, 0.2) is 57.9 Å². The van der Waals surface area contributed by atoms with Gasteiger partial charge in [-0.2, -0.15) is 0 Å². The molecule has 1 aliphatic heterocycles. The summed E-state index contributed by atoms with van der Waals surface area (Å²) in [5, 5.41) is 11.5. The van der Waals surface area contributed by atoms with Gasteiger partial charge in [-0.15, -0.1) is 0 Å². The molecule has 0 unspecified atom stereocenters. The fourth-order valence-corrected chi connectivity index (χ4v) is 4.29. The largest absolute Gasteiger partial charge is 0.507 e. The molecule has 3 heterocycles. The third-order valence-electron chi connectivity index (χ3n) is 5.63. The van der Waals surface area contributed by atoms with Crippen LogP contribution in [0.2, 0.25) is 5.02 Å². The zero-order valence-electron chi connectivity index (χ0n) is 16.5. The van der Waals surface area contributed by atoms with Gasteiger partial charge in [-0.25, -0.2) is 0 Å². The summed E-state index contributed by atoms with van der Waals surface area (Å²) >= 11 is 6.10. The highest BCUT2D eigenvalue weighted by Crippen LogP contribution is 2.34. The van der Waals surface area contributed by atoms with Crippen LogP contribution >= 0.6 is 11.6 Å². The Kier molecular flexibility index (Phi) is 5.79. The lowest BCUT2D eigenvalue weighted by atomic mass is 9.94. The van der Waals surface area contributed by atoms with E-state index >= 15 is 0 Å². The van der Waals surface area contributed by atoms with E-state index in [0.29, 0.717) is 28.6 Å². The molecule has 0 aliphatic carbocycles. The Hall–Kier alpha value is -2.50. The Morgan fingerprint density at radius 2 is 1.86 bits per heavy atom. The van der Waals surface area contributed by atoms with Crippen molar-refractivity contribution in [2.45, 2.75) is 38.8 Å². The predicted octanol–water partition coefficient (Wildman–Crippen LogP) is 4.73. The van der Waals surface area contributed by atoms with E-state index < -0.39 is 0 Å². The van der Waals surface area contributed by atoms with E-state index in [1.165, 1.54) is 6.42 Å². The van der Waals surface area contributed by atoms with Gasteiger partial charge in [0.1, 0.15) is 11.5 Å². The van der Waals surface area contributed by atoms with Crippen LogP contribution in [0.25, 0.3) is 0 Å². The zero-order valence-corrected chi connectivity index (χ0v) is 17.2. The van der Waals surface area contributed by atoms with Gasteiger partial charge in [0.15, 0.2) is 0 Å². The number of likely N-dealkylation sites (tertiary alicyclic amines) is 1. The van der Waals surface area contributed by atoms with E-state index in [4.69, 9.17) is 16.0 Å². The molecular formula is C23H25ClN2O3. The van der Waals surface area contributed by atoms with Gasteiger partial charge in [0, 0.05) is 10.7 Å². The van der Waals surface area contributed by atoms with Crippen molar-refractivity contribution >= 4 is 11.6 Å². The summed E-state index contributed by atoms with van der Waals surface area (Å²) in [6.07, 6.45) is 4.95. The number of aromatic nitrogens is 1. The summed E-state index contributed by atoms with van der Waals surface area (Å²) in [7, 11) is 0. The van der Waals surface area contributed by atoms with Gasteiger partial charge in [-0.05, 0) is 68.8 Å². The molecule has 0 saturated carbocycles. The van der Waals surface area contributed by atoms with E-state index in [1.54, 1.807) is 23.0 Å². The first kappa shape index (κ1) is 19.8. The van der Waals surface area contributed by atoms with Crippen LogP contribution in [-0.4, -0.2) is 27.7 Å². The van der Waals surface area contributed by atoms with Crippen molar-refractivity contribution in [3.05, 3.63) is 86.7 Å². The number of hydrogen-bond donors (Lipinski definition) is 1. The molecule has 5 nitrogen and oxygen atoms in total. The fraction of sp³-hybridized carbons (Fsp3) is 0.348. The molecule has 1 N–H and O–H groups in total. The number of nitrogens with zero attached hydrogens (tertiary/aromatic N) is 2. The first-order valence-electron chi connectivity index (χ1n) is 10.00. The molecule has 0 bridgehead atoms. The van der Waals surface area contributed by atoms with Crippen LogP contribution in [0.4, 0.5) is 0 Å². The van der Waals surface area contributed by atoms with E-state index in [9.17, 15) is 9.90 Å². The van der Waals surface area contributed by atoms with E-state index in [2.05, 4.69) is 4.90 Å². The zero-order chi connectivity index (χ0) is 20.4. The lowest BCUT2D eigenvalue weighted by Gasteiger charge is -2.35. The van der Waals surface area contributed by atoms with Gasteiger partial charge in [0.05, 0.1) is 24.4 Å². The van der Waals surface area contributed by atoms with Crippen LogP contribution in [0.5, 0.6) is 5.75 Å². The number of furan rings is 1. The molecule has 1 aliphatic rings. The van der Waals surface area contributed by atoms with Crippen LogP contribution in [0.1, 0.15) is 47.9 Å². The molecular weight excluding hydrogens is 388 g/mol. The van der Waals surface area contributed by atoms with Crippen molar-refractivity contribution in [1.29, 1.82) is 0 Å². The van der Waals surface area contributed by atoms with Gasteiger partial charge in [0.2, 0.25) is 0 Å². The van der Waals surface area contributed by atoms with Crippen molar-refractivity contribution in [2.24, 2.45) is 0 Å². The molecule has 1 atom stereocenters. The number of aryl methyl sites for hydroxylation is 1. The van der Waals surface area contributed by atoms with Crippen LogP contribution in [0.3, 0.4) is 0 Å². The topological polar surface area (TPSA) is 58.6 Å². The van der Waals surface area contributed by atoms with Crippen LogP contribution in [-0.2, 0) is 6.54 Å². The van der Waals surface area contributed by atoms with Crippen molar-refractivity contribution in [2.75, 3.05) is 13.1 Å². The van der Waals surface area contributed by atoms with Gasteiger partial charge < -0.3 is 14.1 Å². The van der Waals surface area contributed by atoms with Crippen molar-refractivity contribution < 1.29 is 9.52 Å². The van der Waals surface area contributed by atoms with Crippen LogP contribution < -0.4 is 5.56 Å². The van der Waals surface area contributed by atoms with Gasteiger partial charge >= 0.3 is 0 Å². The molecule has 1 aromatic carbocycles. The van der Waals surface area contributed by atoms with Crippen LogP contribution in [0, 0.1) is 6.92 Å². The van der Waals surface area contributed by atoms with Gasteiger partial charge in [-0.3, -0.25) is 9.69 Å². The highest BCUT2D eigenvalue weighted by Gasteiger charge is 2.30. The Morgan fingerprint density at radius 1 is 1.14 bits per heavy atom. The number of benzene rings is 1. The Labute approximate surface area is 175 Å². The monoisotopic (exact) mass is 412 g/mol. The molecule has 0 radical (unpaired) electrons. The molecule has 29 heavy (non-hydrogen) atoms. The molecule has 1 fully saturated rings. The highest BCUT2D eigenvalue weighted by molar-refractivity contribution is 6.30. The molecule has 0 spiro atoms. The number of piperidine rings is 1. The molecule has 152 valence electrons. The number of aromatic hydroxyl groups is 1. The van der Waals surface area contributed by atoms with E-state index in [-0.39, 0.29) is 17.4 Å². The number of rotatable bonds is 5. The maximum Gasteiger partial charge on any atom is 0.260 e. The second-order valence-corrected chi connectivity index (χ2v) is 8.04. The predicted molar refractivity (Wildman–Crippen MR) is 114 cm³/mol. The molecule has 2 aromatic heterocycles. The average molecular weight is 413 g/mol. The number of hydrogen-bond acceptors (Lipinski definition) is 4. The maximum atomic E-state index is 13.6. The van der Waals surface area contributed by atoms with Gasteiger partial charge in [-0.1, -0.05) is 30.2 Å². The number of pyridine rings is 1. The lowest BCUT2D eigenvalue weighted by molar-refractivity contribution is 0.183. The molecule has 0 amide bonds. The lowest BCUT2D eigenvalue weighted by Crippen LogP contribution is -2.38. The average Bonchev–Trinajstić information content (AvgIpc) is 3.23. The molecule has 3 aromatic rings. The maximum absolute atomic E-state index is 13.6. The van der Waals surface area contributed by atoms with Crippen molar-refractivity contribution in [3.8, 4) is 5.75 Å². The molecule has 4 rings (SSSR count). The molecule has 1 saturated heterocycles. The Morgan fingerprint density at radius 3 is 2.52 bits per heavy atom. The second kappa shape index (κ2) is 8.47. The number of halogens is 1. The minimum atomic E-state index is -0.316.